The molecule has 7 heteroatoms. The fourth-order valence-electron chi connectivity index (χ4n) is 2.27. The lowest BCUT2D eigenvalue weighted by Gasteiger charge is -2.23. The summed E-state index contributed by atoms with van der Waals surface area (Å²) in [6.07, 6.45) is 0. The van der Waals surface area contributed by atoms with Gasteiger partial charge >= 0.3 is 5.97 Å². The van der Waals surface area contributed by atoms with Crippen LogP contribution in [0.15, 0.2) is 48.5 Å². The minimum absolute atomic E-state index is 0.0733. The van der Waals surface area contributed by atoms with E-state index in [2.05, 4.69) is 15.4 Å². The second kappa shape index (κ2) is 8.47. The largest absolute Gasteiger partial charge is 0.465 e. The molecule has 0 saturated carbocycles. The van der Waals surface area contributed by atoms with Gasteiger partial charge in [0.05, 0.1) is 12.7 Å². The van der Waals surface area contributed by atoms with E-state index >= 15 is 0 Å². The molecule has 0 aromatic heterocycles. The first kappa shape index (κ1) is 20.8. The summed E-state index contributed by atoms with van der Waals surface area (Å²) in [6, 6.07) is 12.6. The Bertz CT molecular complexity index is 899. The Kier molecular flexibility index (Phi) is 6.30. The second-order valence-electron chi connectivity index (χ2n) is 6.74. The maximum absolute atomic E-state index is 12.6. The molecule has 0 unspecified atom stereocenters. The molecule has 28 heavy (non-hydrogen) atoms. The summed E-state index contributed by atoms with van der Waals surface area (Å²) in [5.41, 5.74) is 0.458. The zero-order valence-corrected chi connectivity index (χ0v) is 16.2. The third-order valence-electron chi connectivity index (χ3n) is 4.25. The number of hydrogen-bond acceptors (Lipinski definition) is 5. The molecule has 0 heterocycles. The molecule has 0 aliphatic rings. The Balaban J connectivity index is 2.05. The van der Waals surface area contributed by atoms with Crippen molar-refractivity contribution in [3.8, 4) is 0 Å². The lowest BCUT2D eigenvalue weighted by atomic mass is 9.90. The molecule has 0 fully saturated rings. The Morgan fingerprint density at radius 1 is 0.750 bits per heavy atom. The van der Waals surface area contributed by atoms with E-state index in [4.69, 9.17) is 0 Å². The standard InChI is InChI=1S/C21H22N2O5/c1-13(24)14-5-9-16(10-6-14)22-19(26)21(2,3)20(27)23-17-11-7-15(8-12-17)18(25)28-4/h5-12H,1-4H3,(H,22,26)(H,23,27). The normalized spacial score (nSPS) is 10.7. The number of Topliss-reactive ketones (excluding diaryl/α,β-unsaturated/α-hetero) is 1. The topological polar surface area (TPSA) is 102 Å². The molecule has 2 N–H and O–H groups in total. The number of benzene rings is 2. The number of amides is 2. The molecular formula is C21H22N2O5. The Morgan fingerprint density at radius 2 is 1.14 bits per heavy atom. The molecule has 0 aliphatic carbocycles. The van der Waals surface area contributed by atoms with Gasteiger partial charge in [0.1, 0.15) is 5.41 Å². The summed E-state index contributed by atoms with van der Waals surface area (Å²) in [7, 11) is 1.28. The summed E-state index contributed by atoms with van der Waals surface area (Å²) < 4.78 is 4.62. The molecule has 0 atom stereocenters. The Hall–Kier alpha value is -3.48. The van der Waals surface area contributed by atoms with Crippen LogP contribution in [0, 0.1) is 5.41 Å². The first-order valence-electron chi connectivity index (χ1n) is 8.57. The molecule has 0 aliphatic heterocycles. The number of esters is 1. The molecule has 0 saturated heterocycles. The van der Waals surface area contributed by atoms with Crippen molar-refractivity contribution in [1.29, 1.82) is 0 Å². The van der Waals surface area contributed by atoms with Crippen LogP contribution in [0.25, 0.3) is 0 Å². The molecule has 146 valence electrons. The monoisotopic (exact) mass is 382 g/mol. The van der Waals surface area contributed by atoms with Gasteiger partial charge in [-0.3, -0.25) is 14.4 Å². The first-order valence-corrected chi connectivity index (χ1v) is 8.57. The van der Waals surface area contributed by atoms with Crippen LogP contribution in [0.1, 0.15) is 41.5 Å². The molecule has 2 aromatic rings. The van der Waals surface area contributed by atoms with E-state index in [1.165, 1.54) is 40.0 Å². The van der Waals surface area contributed by atoms with Crippen LogP contribution >= 0.6 is 0 Å². The maximum atomic E-state index is 12.6. The number of ether oxygens (including phenoxy) is 1. The van der Waals surface area contributed by atoms with Gasteiger partial charge in [-0.25, -0.2) is 4.79 Å². The van der Waals surface area contributed by atoms with Gasteiger partial charge in [0.25, 0.3) is 0 Å². The third kappa shape index (κ3) is 4.82. The Labute approximate surface area is 163 Å². The minimum Gasteiger partial charge on any atom is -0.465 e. The Morgan fingerprint density at radius 3 is 1.50 bits per heavy atom. The lowest BCUT2D eigenvalue weighted by molar-refractivity contribution is -0.135. The average molecular weight is 382 g/mol. The fraction of sp³-hybridized carbons (Fsp3) is 0.238. The van der Waals surface area contributed by atoms with Crippen molar-refractivity contribution in [2.75, 3.05) is 17.7 Å². The van der Waals surface area contributed by atoms with Crippen LogP contribution in [0.2, 0.25) is 0 Å². The second-order valence-corrected chi connectivity index (χ2v) is 6.74. The lowest BCUT2D eigenvalue weighted by Crippen LogP contribution is -2.41. The highest BCUT2D eigenvalue weighted by atomic mass is 16.5. The molecule has 2 amide bonds. The van der Waals surface area contributed by atoms with Crippen molar-refractivity contribution in [2.45, 2.75) is 20.8 Å². The number of methoxy groups -OCH3 is 1. The quantitative estimate of drug-likeness (QED) is 0.454. The maximum Gasteiger partial charge on any atom is 0.337 e. The number of carbonyl (C=O) groups is 4. The van der Waals surface area contributed by atoms with Crippen LogP contribution in [0.4, 0.5) is 11.4 Å². The molecule has 7 nitrogen and oxygen atoms in total. The highest BCUT2D eigenvalue weighted by Gasteiger charge is 2.36. The molecular weight excluding hydrogens is 360 g/mol. The molecule has 0 spiro atoms. The van der Waals surface area contributed by atoms with Gasteiger partial charge in [-0.2, -0.15) is 0 Å². The van der Waals surface area contributed by atoms with E-state index in [-0.39, 0.29) is 5.78 Å². The summed E-state index contributed by atoms with van der Waals surface area (Å²) in [5, 5.41) is 5.33. The van der Waals surface area contributed by atoms with Crippen LogP contribution in [0.5, 0.6) is 0 Å². The molecule has 2 rings (SSSR count). The highest BCUT2D eigenvalue weighted by molar-refractivity contribution is 6.14. The van der Waals surface area contributed by atoms with Gasteiger partial charge in [0.2, 0.25) is 11.8 Å². The zero-order chi connectivity index (χ0) is 20.9. The van der Waals surface area contributed by atoms with Crippen molar-refractivity contribution in [3.05, 3.63) is 59.7 Å². The number of ketones is 1. The van der Waals surface area contributed by atoms with Crippen molar-refractivity contribution < 1.29 is 23.9 Å². The van der Waals surface area contributed by atoms with E-state index in [9.17, 15) is 19.2 Å². The third-order valence-corrected chi connectivity index (χ3v) is 4.25. The van der Waals surface area contributed by atoms with E-state index in [0.29, 0.717) is 22.5 Å². The van der Waals surface area contributed by atoms with Gasteiger partial charge in [0, 0.05) is 16.9 Å². The van der Waals surface area contributed by atoms with Crippen LogP contribution in [-0.4, -0.2) is 30.7 Å². The van der Waals surface area contributed by atoms with Gasteiger partial charge in [0.15, 0.2) is 5.78 Å². The van der Waals surface area contributed by atoms with E-state index in [0.717, 1.165) is 0 Å². The van der Waals surface area contributed by atoms with Gasteiger partial charge in [-0.15, -0.1) is 0 Å². The van der Waals surface area contributed by atoms with E-state index in [1.807, 2.05) is 0 Å². The van der Waals surface area contributed by atoms with Crippen LogP contribution in [-0.2, 0) is 14.3 Å². The summed E-state index contributed by atoms with van der Waals surface area (Å²) in [4.78, 5) is 47.9. The van der Waals surface area contributed by atoms with Gasteiger partial charge in [-0.1, -0.05) is 0 Å². The van der Waals surface area contributed by atoms with Crippen molar-refractivity contribution in [2.24, 2.45) is 5.41 Å². The van der Waals surface area contributed by atoms with Crippen molar-refractivity contribution in [3.63, 3.8) is 0 Å². The predicted molar refractivity (Wildman–Crippen MR) is 105 cm³/mol. The summed E-state index contributed by atoms with van der Waals surface area (Å²) in [5.74, 6) is -1.55. The number of carbonyl (C=O) groups excluding carboxylic acids is 4. The van der Waals surface area contributed by atoms with Crippen molar-refractivity contribution >= 4 is 34.9 Å². The minimum atomic E-state index is -1.36. The number of hydrogen-bond donors (Lipinski definition) is 2. The van der Waals surface area contributed by atoms with Crippen LogP contribution < -0.4 is 10.6 Å². The SMILES string of the molecule is COC(=O)c1ccc(NC(=O)C(C)(C)C(=O)Nc2ccc(C(C)=O)cc2)cc1. The van der Waals surface area contributed by atoms with E-state index < -0.39 is 23.2 Å². The number of anilines is 2. The van der Waals surface area contributed by atoms with E-state index in [1.54, 1.807) is 36.4 Å². The molecule has 2 aromatic carbocycles. The predicted octanol–water partition coefficient (Wildman–Crippen LogP) is 3.28. The number of rotatable bonds is 6. The zero-order valence-electron chi connectivity index (χ0n) is 16.2. The number of nitrogens with one attached hydrogen (secondary N) is 2. The van der Waals surface area contributed by atoms with Crippen LogP contribution in [0.3, 0.4) is 0 Å². The molecule has 0 bridgehead atoms. The molecule has 0 radical (unpaired) electrons. The highest BCUT2D eigenvalue weighted by Crippen LogP contribution is 2.22. The summed E-state index contributed by atoms with van der Waals surface area (Å²) >= 11 is 0. The first-order chi connectivity index (χ1) is 13.1. The fourth-order valence-corrected chi connectivity index (χ4v) is 2.27. The smallest absolute Gasteiger partial charge is 0.337 e. The van der Waals surface area contributed by atoms with Gasteiger partial charge < -0.3 is 15.4 Å². The van der Waals surface area contributed by atoms with Crippen molar-refractivity contribution in [1.82, 2.24) is 0 Å². The summed E-state index contributed by atoms with van der Waals surface area (Å²) in [6.45, 7) is 4.47. The average Bonchev–Trinajstić information content (AvgIpc) is 2.68. The van der Waals surface area contributed by atoms with Gasteiger partial charge in [-0.05, 0) is 69.3 Å².